The van der Waals surface area contributed by atoms with Crippen molar-refractivity contribution in [2.75, 3.05) is 12.4 Å². The summed E-state index contributed by atoms with van der Waals surface area (Å²) in [4.78, 5) is 22.0. The highest BCUT2D eigenvalue weighted by Crippen LogP contribution is 2.32. The van der Waals surface area contributed by atoms with Gasteiger partial charge >= 0.3 is 5.97 Å². The molecule has 0 saturated heterocycles. The van der Waals surface area contributed by atoms with E-state index in [-0.39, 0.29) is 18.7 Å². The van der Waals surface area contributed by atoms with Crippen LogP contribution in [0.2, 0.25) is 5.02 Å². The third-order valence-electron chi connectivity index (χ3n) is 2.49. The number of hydrogen-bond acceptors (Lipinski definition) is 3. The van der Waals surface area contributed by atoms with Gasteiger partial charge in [-0.05, 0) is 25.0 Å². The van der Waals surface area contributed by atoms with E-state index in [1.165, 1.54) is 7.11 Å². The molecule has 0 bridgehead atoms. The standard InChI is InChI=1S/C13H16ClNO4/c1-19-13-9(14)5-4-6-10(13)15-11(16)7-2-3-8-12(17)18/h4-6H,2-3,7-8H2,1H3,(H,15,16)(H,17,18). The van der Waals surface area contributed by atoms with Gasteiger partial charge in [-0.1, -0.05) is 17.7 Å². The summed E-state index contributed by atoms with van der Waals surface area (Å²) in [6, 6.07) is 5.08. The van der Waals surface area contributed by atoms with Crippen molar-refractivity contribution in [2.45, 2.75) is 25.7 Å². The van der Waals surface area contributed by atoms with Crippen LogP contribution in [0, 0.1) is 0 Å². The monoisotopic (exact) mass is 285 g/mol. The second-order valence-corrected chi connectivity index (χ2v) is 4.38. The van der Waals surface area contributed by atoms with Gasteiger partial charge in [-0.25, -0.2) is 0 Å². The van der Waals surface area contributed by atoms with Crippen LogP contribution in [0.1, 0.15) is 25.7 Å². The molecule has 0 spiro atoms. The first kappa shape index (κ1) is 15.3. The zero-order valence-electron chi connectivity index (χ0n) is 10.6. The summed E-state index contributed by atoms with van der Waals surface area (Å²) >= 11 is 5.93. The number of aliphatic carboxylic acids is 1. The molecule has 0 saturated carbocycles. The number of methoxy groups -OCH3 is 1. The number of para-hydroxylation sites is 1. The Morgan fingerprint density at radius 3 is 2.63 bits per heavy atom. The van der Waals surface area contributed by atoms with Gasteiger partial charge in [0.15, 0.2) is 5.75 Å². The molecule has 0 atom stereocenters. The van der Waals surface area contributed by atoms with Crippen LogP contribution in [-0.2, 0) is 9.59 Å². The van der Waals surface area contributed by atoms with E-state index in [9.17, 15) is 9.59 Å². The van der Waals surface area contributed by atoms with Gasteiger partial charge < -0.3 is 15.2 Å². The summed E-state index contributed by atoms with van der Waals surface area (Å²) in [6.07, 6.45) is 1.35. The van der Waals surface area contributed by atoms with Gasteiger partial charge in [0.25, 0.3) is 0 Å². The Hall–Kier alpha value is -1.75. The van der Waals surface area contributed by atoms with E-state index in [1.54, 1.807) is 18.2 Å². The maximum absolute atomic E-state index is 11.7. The number of carboxylic acid groups (broad SMARTS) is 1. The number of ether oxygens (including phenoxy) is 1. The van der Waals surface area contributed by atoms with E-state index >= 15 is 0 Å². The number of benzene rings is 1. The lowest BCUT2D eigenvalue weighted by atomic mass is 10.2. The lowest BCUT2D eigenvalue weighted by molar-refractivity contribution is -0.137. The van der Waals surface area contributed by atoms with Crippen molar-refractivity contribution >= 4 is 29.2 Å². The number of nitrogens with one attached hydrogen (secondary N) is 1. The number of unbranched alkanes of at least 4 members (excludes halogenated alkanes) is 1. The molecule has 0 aliphatic carbocycles. The number of hydrogen-bond donors (Lipinski definition) is 2. The molecule has 6 heteroatoms. The second kappa shape index (κ2) is 7.63. The molecule has 0 aliphatic heterocycles. The minimum Gasteiger partial charge on any atom is -0.493 e. The van der Waals surface area contributed by atoms with Gasteiger partial charge in [-0.15, -0.1) is 0 Å². The molecule has 5 nitrogen and oxygen atoms in total. The molecule has 2 N–H and O–H groups in total. The number of rotatable bonds is 7. The quantitative estimate of drug-likeness (QED) is 0.755. The molecule has 1 aromatic rings. The zero-order valence-corrected chi connectivity index (χ0v) is 11.4. The lowest BCUT2D eigenvalue weighted by Gasteiger charge is -2.11. The minimum absolute atomic E-state index is 0.0771. The zero-order chi connectivity index (χ0) is 14.3. The summed E-state index contributed by atoms with van der Waals surface area (Å²) in [7, 11) is 1.48. The van der Waals surface area contributed by atoms with E-state index in [0.717, 1.165) is 0 Å². The molecule has 104 valence electrons. The molecule has 0 fully saturated rings. The maximum Gasteiger partial charge on any atom is 0.303 e. The van der Waals surface area contributed by atoms with Crippen LogP contribution in [0.5, 0.6) is 5.75 Å². The van der Waals surface area contributed by atoms with E-state index in [0.29, 0.717) is 29.3 Å². The number of halogens is 1. The molecule has 0 unspecified atom stereocenters. The highest BCUT2D eigenvalue weighted by molar-refractivity contribution is 6.32. The van der Waals surface area contributed by atoms with Gasteiger partial charge in [0.05, 0.1) is 17.8 Å². The van der Waals surface area contributed by atoms with E-state index in [4.69, 9.17) is 21.4 Å². The molecule has 1 amide bonds. The molecule has 0 heterocycles. The lowest BCUT2D eigenvalue weighted by Crippen LogP contribution is -2.12. The molecular formula is C13H16ClNO4. The number of anilines is 1. The highest BCUT2D eigenvalue weighted by atomic mass is 35.5. The topological polar surface area (TPSA) is 75.6 Å². The Labute approximate surface area is 116 Å². The van der Waals surface area contributed by atoms with Gasteiger partial charge in [0.2, 0.25) is 5.91 Å². The molecule has 0 aliphatic rings. The van der Waals surface area contributed by atoms with Crippen molar-refractivity contribution in [3.63, 3.8) is 0 Å². The SMILES string of the molecule is COc1c(Cl)cccc1NC(=O)CCCCC(=O)O. The first-order valence-electron chi connectivity index (χ1n) is 5.88. The van der Waals surface area contributed by atoms with Crippen LogP contribution in [0.4, 0.5) is 5.69 Å². The molecule has 1 aromatic carbocycles. The van der Waals surface area contributed by atoms with Crippen LogP contribution in [-0.4, -0.2) is 24.1 Å². The predicted molar refractivity (Wildman–Crippen MR) is 72.7 cm³/mol. The van der Waals surface area contributed by atoms with Crippen LogP contribution >= 0.6 is 11.6 Å². The largest absolute Gasteiger partial charge is 0.493 e. The fourth-order valence-corrected chi connectivity index (χ4v) is 1.84. The van der Waals surface area contributed by atoms with Crippen molar-refractivity contribution in [3.8, 4) is 5.75 Å². The smallest absolute Gasteiger partial charge is 0.303 e. The summed E-state index contributed by atoms with van der Waals surface area (Å²) in [6.45, 7) is 0. The van der Waals surface area contributed by atoms with Crippen LogP contribution in [0.3, 0.4) is 0 Å². The van der Waals surface area contributed by atoms with Gasteiger partial charge in [0, 0.05) is 12.8 Å². The number of carboxylic acids is 1. The Balaban J connectivity index is 2.48. The first-order chi connectivity index (χ1) is 9.04. The van der Waals surface area contributed by atoms with E-state index < -0.39 is 5.97 Å². The normalized spacial score (nSPS) is 10.0. The Morgan fingerprint density at radius 2 is 2.00 bits per heavy atom. The Bertz CT molecular complexity index is 462. The molecule has 19 heavy (non-hydrogen) atoms. The van der Waals surface area contributed by atoms with Gasteiger partial charge in [0.1, 0.15) is 0 Å². The third-order valence-corrected chi connectivity index (χ3v) is 2.79. The summed E-state index contributed by atoms with van der Waals surface area (Å²) in [5.41, 5.74) is 0.512. The average Bonchev–Trinajstić information content (AvgIpc) is 2.35. The minimum atomic E-state index is -0.850. The van der Waals surface area contributed by atoms with Crippen LogP contribution in [0.15, 0.2) is 18.2 Å². The number of carbonyl (C=O) groups is 2. The first-order valence-corrected chi connectivity index (χ1v) is 6.26. The third kappa shape index (κ3) is 5.18. The Kier molecular flexibility index (Phi) is 6.15. The number of carbonyl (C=O) groups excluding carboxylic acids is 1. The van der Waals surface area contributed by atoms with Gasteiger partial charge in [-0.3, -0.25) is 9.59 Å². The molecule has 1 rings (SSSR count). The van der Waals surface area contributed by atoms with Crippen molar-refractivity contribution in [1.82, 2.24) is 0 Å². The van der Waals surface area contributed by atoms with Crippen molar-refractivity contribution < 1.29 is 19.4 Å². The molecular weight excluding hydrogens is 270 g/mol. The fraction of sp³-hybridized carbons (Fsp3) is 0.385. The molecule has 0 aromatic heterocycles. The number of amides is 1. The van der Waals surface area contributed by atoms with Crippen LogP contribution < -0.4 is 10.1 Å². The maximum atomic E-state index is 11.7. The Morgan fingerprint density at radius 1 is 1.32 bits per heavy atom. The summed E-state index contributed by atoms with van der Waals surface area (Å²) in [5.74, 6) is -0.620. The van der Waals surface area contributed by atoms with Crippen LogP contribution in [0.25, 0.3) is 0 Å². The van der Waals surface area contributed by atoms with Crippen molar-refractivity contribution in [3.05, 3.63) is 23.2 Å². The summed E-state index contributed by atoms with van der Waals surface area (Å²) < 4.78 is 5.11. The second-order valence-electron chi connectivity index (χ2n) is 3.97. The van der Waals surface area contributed by atoms with E-state index in [2.05, 4.69) is 5.32 Å². The highest BCUT2D eigenvalue weighted by Gasteiger charge is 2.10. The fourth-order valence-electron chi connectivity index (χ4n) is 1.59. The summed E-state index contributed by atoms with van der Waals surface area (Å²) in [5, 5.41) is 11.6. The predicted octanol–water partition coefficient (Wildman–Crippen LogP) is 2.93. The van der Waals surface area contributed by atoms with E-state index in [1.807, 2.05) is 0 Å². The van der Waals surface area contributed by atoms with Gasteiger partial charge in [-0.2, -0.15) is 0 Å². The van der Waals surface area contributed by atoms with Crippen molar-refractivity contribution in [2.24, 2.45) is 0 Å². The average molecular weight is 286 g/mol. The van der Waals surface area contributed by atoms with Crippen molar-refractivity contribution in [1.29, 1.82) is 0 Å². The molecule has 0 radical (unpaired) electrons.